The topological polar surface area (TPSA) is 98.5 Å². The molecule has 3 N–H and O–H groups in total. The van der Waals surface area contributed by atoms with E-state index in [0.29, 0.717) is 13.0 Å². The first-order chi connectivity index (χ1) is 8.06. The Kier molecular flexibility index (Phi) is 8.72. The Morgan fingerprint density at radius 3 is 2.35 bits per heavy atom. The standard InChI is InChI=1S/C11H20N2O4/c1-17-11(16)7-6-10(15)13-8-4-2-3-5-9(12)14/h2-8H2,1H3,(H2,12,14)(H,13,15). The largest absolute Gasteiger partial charge is 0.469 e. The van der Waals surface area contributed by atoms with Crippen molar-refractivity contribution in [1.29, 1.82) is 0 Å². The van der Waals surface area contributed by atoms with Crippen LogP contribution in [-0.4, -0.2) is 31.4 Å². The zero-order valence-electron chi connectivity index (χ0n) is 10.2. The molecule has 0 aromatic carbocycles. The van der Waals surface area contributed by atoms with Crippen molar-refractivity contribution >= 4 is 17.8 Å². The molecule has 0 unspecified atom stereocenters. The van der Waals surface area contributed by atoms with E-state index in [4.69, 9.17) is 5.73 Å². The maximum absolute atomic E-state index is 11.2. The van der Waals surface area contributed by atoms with Gasteiger partial charge >= 0.3 is 5.97 Å². The number of nitrogens with one attached hydrogen (secondary N) is 1. The second kappa shape index (κ2) is 9.62. The van der Waals surface area contributed by atoms with Gasteiger partial charge in [0.25, 0.3) is 0 Å². The molecule has 0 aliphatic heterocycles. The van der Waals surface area contributed by atoms with E-state index in [-0.39, 0.29) is 30.6 Å². The Hall–Kier alpha value is -1.59. The van der Waals surface area contributed by atoms with Crippen LogP contribution in [0.1, 0.15) is 38.5 Å². The van der Waals surface area contributed by atoms with E-state index in [0.717, 1.165) is 19.3 Å². The zero-order chi connectivity index (χ0) is 13.1. The molecule has 17 heavy (non-hydrogen) atoms. The number of amides is 2. The molecule has 0 aromatic heterocycles. The van der Waals surface area contributed by atoms with Crippen LogP contribution in [0.4, 0.5) is 0 Å². The van der Waals surface area contributed by atoms with E-state index >= 15 is 0 Å². The van der Waals surface area contributed by atoms with Gasteiger partial charge in [-0.2, -0.15) is 0 Å². The third-order valence-corrected chi connectivity index (χ3v) is 2.21. The maximum Gasteiger partial charge on any atom is 0.306 e. The molecule has 6 nitrogen and oxygen atoms in total. The zero-order valence-corrected chi connectivity index (χ0v) is 10.2. The van der Waals surface area contributed by atoms with Crippen LogP contribution >= 0.6 is 0 Å². The number of rotatable bonds is 9. The van der Waals surface area contributed by atoms with Crippen molar-refractivity contribution in [3.05, 3.63) is 0 Å². The van der Waals surface area contributed by atoms with Crippen molar-refractivity contribution < 1.29 is 19.1 Å². The number of hydrogen-bond acceptors (Lipinski definition) is 4. The number of nitrogens with two attached hydrogens (primary N) is 1. The Labute approximate surface area is 101 Å². The molecule has 98 valence electrons. The minimum absolute atomic E-state index is 0.101. The lowest BCUT2D eigenvalue weighted by molar-refractivity contribution is -0.142. The summed E-state index contributed by atoms with van der Waals surface area (Å²) in [6, 6.07) is 0. The van der Waals surface area contributed by atoms with Gasteiger partial charge in [-0.25, -0.2) is 0 Å². The van der Waals surface area contributed by atoms with Gasteiger partial charge in [-0.3, -0.25) is 14.4 Å². The number of hydrogen-bond donors (Lipinski definition) is 2. The number of primary amides is 1. The summed E-state index contributed by atoms with van der Waals surface area (Å²) in [4.78, 5) is 32.4. The summed E-state index contributed by atoms with van der Waals surface area (Å²) in [6.45, 7) is 0.554. The summed E-state index contributed by atoms with van der Waals surface area (Å²) >= 11 is 0. The fourth-order valence-corrected chi connectivity index (χ4v) is 1.23. The van der Waals surface area contributed by atoms with Crippen LogP contribution in [0.25, 0.3) is 0 Å². The summed E-state index contributed by atoms with van der Waals surface area (Å²) < 4.78 is 4.42. The van der Waals surface area contributed by atoms with Crippen LogP contribution in [0, 0.1) is 0 Å². The number of unbranched alkanes of at least 4 members (excludes halogenated alkanes) is 2. The number of carbonyl (C=O) groups is 3. The Morgan fingerprint density at radius 1 is 1.06 bits per heavy atom. The molecule has 0 saturated heterocycles. The predicted octanol–water partition coefficient (Wildman–Crippen LogP) is 0.102. The molecule has 0 aliphatic carbocycles. The average molecular weight is 244 g/mol. The van der Waals surface area contributed by atoms with E-state index in [2.05, 4.69) is 10.1 Å². The number of esters is 1. The molecule has 0 aromatic rings. The summed E-state index contributed by atoms with van der Waals surface area (Å²) in [5, 5.41) is 2.69. The predicted molar refractivity (Wildman–Crippen MR) is 61.9 cm³/mol. The third kappa shape index (κ3) is 10.7. The highest BCUT2D eigenvalue weighted by molar-refractivity contribution is 5.81. The lowest BCUT2D eigenvalue weighted by Gasteiger charge is -2.04. The Balaban J connectivity index is 3.33. The van der Waals surface area contributed by atoms with Gasteiger partial charge in [0.15, 0.2) is 0 Å². The van der Waals surface area contributed by atoms with Crippen LogP contribution in [0.5, 0.6) is 0 Å². The van der Waals surface area contributed by atoms with Gasteiger partial charge in [-0.15, -0.1) is 0 Å². The first-order valence-electron chi connectivity index (χ1n) is 5.68. The molecule has 0 saturated carbocycles. The Bertz CT molecular complexity index is 266. The SMILES string of the molecule is COC(=O)CCC(=O)NCCCCCC(N)=O. The summed E-state index contributed by atoms with van der Waals surface area (Å²) in [5.74, 6) is -0.848. The molecule has 0 atom stereocenters. The van der Waals surface area contributed by atoms with Gasteiger partial charge < -0.3 is 15.8 Å². The van der Waals surface area contributed by atoms with E-state index in [9.17, 15) is 14.4 Å². The molecule has 2 amide bonds. The second-order valence-corrected chi connectivity index (χ2v) is 3.70. The number of methoxy groups -OCH3 is 1. The highest BCUT2D eigenvalue weighted by Gasteiger charge is 2.05. The highest BCUT2D eigenvalue weighted by Crippen LogP contribution is 1.98. The molecule has 0 spiro atoms. The van der Waals surface area contributed by atoms with Crippen molar-refractivity contribution in [2.24, 2.45) is 5.73 Å². The van der Waals surface area contributed by atoms with Crippen LogP contribution in [0.3, 0.4) is 0 Å². The molecule has 0 heterocycles. The van der Waals surface area contributed by atoms with Gasteiger partial charge in [0.1, 0.15) is 0 Å². The quantitative estimate of drug-likeness (QED) is 0.444. The number of carbonyl (C=O) groups excluding carboxylic acids is 3. The third-order valence-electron chi connectivity index (χ3n) is 2.21. The molecular formula is C11H20N2O4. The maximum atomic E-state index is 11.2. The van der Waals surface area contributed by atoms with Crippen molar-refractivity contribution in [1.82, 2.24) is 5.32 Å². The molecule has 6 heteroatoms. The van der Waals surface area contributed by atoms with Crippen molar-refractivity contribution in [3.8, 4) is 0 Å². The molecule has 0 rings (SSSR count). The first-order valence-corrected chi connectivity index (χ1v) is 5.68. The number of ether oxygens (including phenoxy) is 1. The van der Waals surface area contributed by atoms with Gasteiger partial charge in [0.2, 0.25) is 11.8 Å². The highest BCUT2D eigenvalue weighted by atomic mass is 16.5. The average Bonchev–Trinajstić information content (AvgIpc) is 2.30. The second-order valence-electron chi connectivity index (χ2n) is 3.70. The molecule has 0 aliphatic rings. The van der Waals surface area contributed by atoms with Gasteiger partial charge in [0, 0.05) is 19.4 Å². The van der Waals surface area contributed by atoms with Crippen LogP contribution in [-0.2, 0) is 19.1 Å². The molecule has 0 fully saturated rings. The van der Waals surface area contributed by atoms with E-state index in [1.807, 2.05) is 0 Å². The lowest BCUT2D eigenvalue weighted by Crippen LogP contribution is -2.25. The smallest absolute Gasteiger partial charge is 0.306 e. The minimum atomic E-state index is -0.387. The molecular weight excluding hydrogens is 224 g/mol. The van der Waals surface area contributed by atoms with Crippen molar-refractivity contribution in [2.45, 2.75) is 38.5 Å². The fraction of sp³-hybridized carbons (Fsp3) is 0.727. The summed E-state index contributed by atoms with van der Waals surface area (Å²) in [6.07, 6.45) is 3.03. The minimum Gasteiger partial charge on any atom is -0.469 e. The van der Waals surface area contributed by atoms with E-state index < -0.39 is 0 Å². The monoisotopic (exact) mass is 244 g/mol. The van der Waals surface area contributed by atoms with Crippen LogP contribution < -0.4 is 11.1 Å². The van der Waals surface area contributed by atoms with E-state index in [1.54, 1.807) is 0 Å². The van der Waals surface area contributed by atoms with Gasteiger partial charge in [-0.05, 0) is 12.8 Å². The first kappa shape index (κ1) is 15.4. The van der Waals surface area contributed by atoms with Crippen LogP contribution in [0.15, 0.2) is 0 Å². The fourth-order valence-electron chi connectivity index (χ4n) is 1.23. The van der Waals surface area contributed by atoms with Gasteiger partial charge in [0.05, 0.1) is 13.5 Å². The van der Waals surface area contributed by atoms with Crippen LogP contribution in [0.2, 0.25) is 0 Å². The summed E-state index contributed by atoms with van der Waals surface area (Å²) in [7, 11) is 1.29. The van der Waals surface area contributed by atoms with Crippen molar-refractivity contribution in [2.75, 3.05) is 13.7 Å². The Morgan fingerprint density at radius 2 is 1.76 bits per heavy atom. The van der Waals surface area contributed by atoms with E-state index in [1.165, 1.54) is 7.11 Å². The molecule has 0 radical (unpaired) electrons. The van der Waals surface area contributed by atoms with Crippen molar-refractivity contribution in [3.63, 3.8) is 0 Å². The van der Waals surface area contributed by atoms with Gasteiger partial charge in [-0.1, -0.05) is 6.42 Å². The lowest BCUT2D eigenvalue weighted by atomic mass is 10.2. The normalized spacial score (nSPS) is 9.71. The summed E-state index contributed by atoms with van der Waals surface area (Å²) in [5.41, 5.74) is 4.98. The molecule has 0 bridgehead atoms.